The second kappa shape index (κ2) is 9.47. The third-order valence-corrected chi connectivity index (χ3v) is 3.95. The minimum absolute atomic E-state index is 0.0924. The maximum atomic E-state index is 13.6. The van der Waals surface area contributed by atoms with Gasteiger partial charge in [0.1, 0.15) is 5.82 Å². The Kier molecular flexibility index (Phi) is 7.29. The Morgan fingerprint density at radius 3 is 2.78 bits per heavy atom. The van der Waals surface area contributed by atoms with Crippen LogP contribution in [0.5, 0.6) is 0 Å². The first-order valence-electron chi connectivity index (χ1n) is 8.26. The first-order valence-corrected chi connectivity index (χ1v) is 8.26. The maximum absolute atomic E-state index is 13.6. The lowest BCUT2D eigenvalue weighted by molar-refractivity contribution is 0.0169. The lowest BCUT2D eigenvalue weighted by atomic mass is 10.0. The van der Waals surface area contributed by atoms with E-state index in [0.29, 0.717) is 19.8 Å². The minimum atomic E-state index is -0.200. The van der Waals surface area contributed by atoms with Gasteiger partial charge in [-0.3, -0.25) is 9.89 Å². The average molecular weight is 322 g/mol. The SMILES string of the molecule is CCCNC(=NC)NCC(c1cccc(F)c1)N1CCOCC1. The zero-order chi connectivity index (χ0) is 16.5. The van der Waals surface area contributed by atoms with Crippen LogP contribution in [0.4, 0.5) is 4.39 Å². The van der Waals surface area contributed by atoms with Crippen molar-refractivity contribution >= 4 is 5.96 Å². The number of nitrogens with one attached hydrogen (secondary N) is 2. The van der Waals surface area contributed by atoms with Gasteiger partial charge in [0, 0.05) is 33.2 Å². The highest BCUT2D eigenvalue weighted by molar-refractivity contribution is 5.79. The van der Waals surface area contributed by atoms with Gasteiger partial charge in [0.15, 0.2) is 5.96 Å². The van der Waals surface area contributed by atoms with Crippen molar-refractivity contribution in [3.63, 3.8) is 0 Å². The molecule has 1 aromatic rings. The molecule has 0 aromatic heterocycles. The highest BCUT2D eigenvalue weighted by atomic mass is 19.1. The van der Waals surface area contributed by atoms with E-state index in [9.17, 15) is 4.39 Å². The molecule has 1 heterocycles. The van der Waals surface area contributed by atoms with Crippen LogP contribution in [0, 0.1) is 5.82 Å². The van der Waals surface area contributed by atoms with Gasteiger partial charge in [-0.2, -0.15) is 0 Å². The smallest absolute Gasteiger partial charge is 0.191 e. The summed E-state index contributed by atoms with van der Waals surface area (Å²) < 4.78 is 19.1. The maximum Gasteiger partial charge on any atom is 0.191 e. The van der Waals surface area contributed by atoms with Gasteiger partial charge in [-0.25, -0.2) is 4.39 Å². The summed E-state index contributed by atoms with van der Waals surface area (Å²) in [5.41, 5.74) is 0.977. The van der Waals surface area contributed by atoms with Crippen molar-refractivity contribution < 1.29 is 9.13 Å². The number of nitrogens with zero attached hydrogens (tertiary/aromatic N) is 2. The van der Waals surface area contributed by atoms with E-state index < -0.39 is 0 Å². The summed E-state index contributed by atoms with van der Waals surface area (Å²) in [5.74, 6) is 0.579. The predicted molar refractivity (Wildman–Crippen MR) is 91.2 cm³/mol. The Morgan fingerprint density at radius 1 is 1.35 bits per heavy atom. The van der Waals surface area contributed by atoms with E-state index in [4.69, 9.17) is 4.74 Å². The van der Waals surface area contributed by atoms with Gasteiger partial charge in [0.05, 0.1) is 19.3 Å². The summed E-state index contributed by atoms with van der Waals surface area (Å²) in [6, 6.07) is 6.93. The summed E-state index contributed by atoms with van der Waals surface area (Å²) in [6.45, 7) is 6.80. The largest absolute Gasteiger partial charge is 0.379 e. The van der Waals surface area contributed by atoms with Crippen LogP contribution in [0.1, 0.15) is 24.9 Å². The number of hydrogen-bond donors (Lipinski definition) is 2. The first kappa shape index (κ1) is 17.7. The molecule has 1 unspecified atom stereocenters. The van der Waals surface area contributed by atoms with Crippen molar-refractivity contribution in [1.82, 2.24) is 15.5 Å². The van der Waals surface area contributed by atoms with Crippen molar-refractivity contribution in [2.45, 2.75) is 19.4 Å². The molecule has 1 fully saturated rings. The highest BCUT2D eigenvalue weighted by Gasteiger charge is 2.23. The molecule has 2 rings (SSSR count). The molecular formula is C17H27FN4O. The number of morpholine rings is 1. The fourth-order valence-electron chi connectivity index (χ4n) is 2.72. The minimum Gasteiger partial charge on any atom is -0.379 e. The van der Waals surface area contributed by atoms with Gasteiger partial charge in [0.2, 0.25) is 0 Å². The molecule has 1 aliphatic heterocycles. The second-order valence-electron chi connectivity index (χ2n) is 5.60. The molecule has 0 spiro atoms. The van der Waals surface area contributed by atoms with Gasteiger partial charge >= 0.3 is 0 Å². The van der Waals surface area contributed by atoms with Crippen LogP contribution in [-0.4, -0.2) is 57.3 Å². The number of ether oxygens (including phenoxy) is 1. The van der Waals surface area contributed by atoms with Crippen molar-refractivity contribution in [3.05, 3.63) is 35.6 Å². The second-order valence-corrected chi connectivity index (χ2v) is 5.60. The molecule has 0 aliphatic carbocycles. The van der Waals surface area contributed by atoms with Crippen LogP contribution >= 0.6 is 0 Å². The molecular weight excluding hydrogens is 295 g/mol. The number of aliphatic imine (C=N–C) groups is 1. The van der Waals surface area contributed by atoms with Gasteiger partial charge in [0.25, 0.3) is 0 Å². The summed E-state index contributed by atoms with van der Waals surface area (Å²) in [6.07, 6.45) is 1.04. The molecule has 2 N–H and O–H groups in total. The summed E-state index contributed by atoms with van der Waals surface area (Å²) in [4.78, 5) is 6.56. The monoisotopic (exact) mass is 322 g/mol. The Labute approximate surface area is 137 Å². The Balaban J connectivity index is 2.07. The molecule has 0 bridgehead atoms. The van der Waals surface area contributed by atoms with Crippen LogP contribution in [0.25, 0.3) is 0 Å². The standard InChI is InChI=1S/C17H27FN4O/c1-3-7-20-17(19-2)21-13-16(22-8-10-23-11-9-22)14-5-4-6-15(18)12-14/h4-6,12,16H,3,7-11,13H2,1-2H3,(H2,19,20,21). The van der Waals surface area contributed by atoms with Crippen LogP contribution in [0.15, 0.2) is 29.3 Å². The number of guanidine groups is 1. The average Bonchev–Trinajstić information content (AvgIpc) is 2.59. The third-order valence-electron chi connectivity index (χ3n) is 3.95. The molecule has 5 nitrogen and oxygen atoms in total. The van der Waals surface area contributed by atoms with Crippen LogP contribution in [-0.2, 0) is 4.74 Å². The van der Waals surface area contributed by atoms with E-state index in [1.165, 1.54) is 6.07 Å². The molecule has 1 saturated heterocycles. The molecule has 1 aromatic carbocycles. The van der Waals surface area contributed by atoms with E-state index in [1.54, 1.807) is 19.2 Å². The fourth-order valence-corrected chi connectivity index (χ4v) is 2.72. The van der Waals surface area contributed by atoms with Crippen LogP contribution in [0.3, 0.4) is 0 Å². The number of halogens is 1. The van der Waals surface area contributed by atoms with Crippen molar-refractivity contribution in [2.75, 3.05) is 46.4 Å². The molecule has 1 atom stereocenters. The Hall–Kier alpha value is -1.66. The van der Waals surface area contributed by atoms with Gasteiger partial charge in [-0.05, 0) is 24.1 Å². The number of rotatable bonds is 6. The van der Waals surface area contributed by atoms with E-state index in [0.717, 1.165) is 37.6 Å². The Morgan fingerprint density at radius 2 is 2.13 bits per heavy atom. The van der Waals surface area contributed by atoms with Crippen molar-refractivity contribution in [2.24, 2.45) is 4.99 Å². The third kappa shape index (κ3) is 5.48. The predicted octanol–water partition coefficient (Wildman–Crippen LogP) is 1.77. The number of hydrogen-bond acceptors (Lipinski definition) is 3. The normalized spacial score (nSPS) is 17.8. The zero-order valence-electron chi connectivity index (χ0n) is 14.0. The van der Waals surface area contributed by atoms with Crippen LogP contribution in [0.2, 0.25) is 0 Å². The van der Waals surface area contributed by atoms with Gasteiger partial charge in [-0.15, -0.1) is 0 Å². The summed E-state index contributed by atoms with van der Waals surface area (Å²) in [7, 11) is 1.76. The van der Waals surface area contributed by atoms with Crippen molar-refractivity contribution in [1.29, 1.82) is 0 Å². The molecule has 0 amide bonds. The molecule has 0 saturated carbocycles. The molecule has 23 heavy (non-hydrogen) atoms. The highest BCUT2D eigenvalue weighted by Crippen LogP contribution is 2.22. The number of benzene rings is 1. The van der Waals surface area contributed by atoms with Crippen molar-refractivity contribution in [3.8, 4) is 0 Å². The molecule has 6 heteroatoms. The quantitative estimate of drug-likeness (QED) is 0.619. The molecule has 0 radical (unpaired) electrons. The van der Waals surface area contributed by atoms with E-state index in [1.807, 2.05) is 6.07 Å². The van der Waals surface area contributed by atoms with Gasteiger partial charge in [-0.1, -0.05) is 19.1 Å². The van der Waals surface area contributed by atoms with Crippen LogP contribution < -0.4 is 10.6 Å². The van der Waals surface area contributed by atoms with E-state index in [2.05, 4.69) is 27.4 Å². The lowest BCUT2D eigenvalue weighted by Crippen LogP contribution is -2.46. The van der Waals surface area contributed by atoms with E-state index in [-0.39, 0.29) is 11.9 Å². The fraction of sp³-hybridized carbons (Fsp3) is 0.588. The van der Waals surface area contributed by atoms with E-state index >= 15 is 0 Å². The summed E-state index contributed by atoms with van der Waals surface area (Å²) in [5, 5.41) is 6.62. The lowest BCUT2D eigenvalue weighted by Gasteiger charge is -2.35. The van der Waals surface area contributed by atoms with Gasteiger partial charge < -0.3 is 15.4 Å². The molecule has 128 valence electrons. The Bertz CT molecular complexity index is 503. The topological polar surface area (TPSA) is 48.9 Å². The zero-order valence-corrected chi connectivity index (χ0v) is 14.0. The molecule has 1 aliphatic rings. The first-order chi connectivity index (χ1) is 11.2. The summed E-state index contributed by atoms with van der Waals surface area (Å²) >= 11 is 0.